The Balaban J connectivity index is 2.04. The highest BCUT2D eigenvalue weighted by Crippen LogP contribution is 2.47. The van der Waals surface area contributed by atoms with Gasteiger partial charge in [0.15, 0.2) is 0 Å². The molecule has 0 bridgehead atoms. The molecule has 2 aliphatic rings. The minimum atomic E-state index is 0.632. The van der Waals surface area contributed by atoms with E-state index in [4.69, 9.17) is 0 Å². The Labute approximate surface area is 91.9 Å². The highest BCUT2D eigenvalue weighted by Gasteiger charge is 2.33. The Hall–Kier alpha value is -0.820. The summed E-state index contributed by atoms with van der Waals surface area (Å²) >= 11 is 0. The fourth-order valence-electron chi connectivity index (χ4n) is 3.42. The van der Waals surface area contributed by atoms with Gasteiger partial charge < -0.3 is 5.32 Å². The van der Waals surface area contributed by atoms with Gasteiger partial charge in [0.25, 0.3) is 0 Å². The Morgan fingerprint density at radius 3 is 3.20 bits per heavy atom. The summed E-state index contributed by atoms with van der Waals surface area (Å²) in [6.45, 7) is 3.29. The second-order valence-electron chi connectivity index (χ2n) is 4.86. The largest absolute Gasteiger partial charge is 0.310 e. The van der Waals surface area contributed by atoms with Gasteiger partial charge in [0.2, 0.25) is 0 Å². The zero-order chi connectivity index (χ0) is 10.3. The normalized spacial score (nSPS) is 27.8. The molecular weight excluding hydrogens is 182 g/mol. The minimum Gasteiger partial charge on any atom is -0.310 e. The SMILES string of the molecule is CCNC1CC2CCCc3cccc1c32. The molecular formula is C14H19N. The van der Waals surface area contributed by atoms with Gasteiger partial charge in [0.1, 0.15) is 0 Å². The van der Waals surface area contributed by atoms with Gasteiger partial charge in [-0.05, 0) is 54.8 Å². The van der Waals surface area contributed by atoms with Crippen molar-refractivity contribution in [2.24, 2.45) is 0 Å². The number of hydrogen-bond acceptors (Lipinski definition) is 1. The smallest absolute Gasteiger partial charge is 0.0328 e. The maximum absolute atomic E-state index is 3.62. The molecule has 2 unspecified atom stereocenters. The van der Waals surface area contributed by atoms with Crippen molar-refractivity contribution in [1.29, 1.82) is 0 Å². The second-order valence-corrected chi connectivity index (χ2v) is 4.86. The Morgan fingerprint density at radius 1 is 1.40 bits per heavy atom. The van der Waals surface area contributed by atoms with Gasteiger partial charge >= 0.3 is 0 Å². The molecule has 0 aliphatic heterocycles. The molecule has 0 heterocycles. The number of benzene rings is 1. The molecule has 1 N–H and O–H groups in total. The second kappa shape index (κ2) is 3.64. The first-order valence-corrected chi connectivity index (χ1v) is 6.25. The van der Waals surface area contributed by atoms with Gasteiger partial charge in [0, 0.05) is 6.04 Å². The fraction of sp³-hybridized carbons (Fsp3) is 0.571. The number of aryl methyl sites for hydroxylation is 1. The predicted molar refractivity (Wildman–Crippen MR) is 63.2 cm³/mol. The fourth-order valence-corrected chi connectivity index (χ4v) is 3.42. The van der Waals surface area contributed by atoms with E-state index in [1.165, 1.54) is 25.7 Å². The maximum Gasteiger partial charge on any atom is 0.0328 e. The summed E-state index contributed by atoms with van der Waals surface area (Å²) in [6, 6.07) is 7.54. The summed E-state index contributed by atoms with van der Waals surface area (Å²) < 4.78 is 0. The molecule has 0 amide bonds. The van der Waals surface area contributed by atoms with Crippen LogP contribution < -0.4 is 5.32 Å². The van der Waals surface area contributed by atoms with Crippen molar-refractivity contribution in [3.05, 3.63) is 34.9 Å². The average Bonchev–Trinajstić information content (AvgIpc) is 2.61. The van der Waals surface area contributed by atoms with E-state index in [9.17, 15) is 0 Å². The van der Waals surface area contributed by atoms with Crippen LogP contribution in [0.25, 0.3) is 0 Å². The van der Waals surface area contributed by atoms with Crippen LogP contribution in [0.5, 0.6) is 0 Å². The van der Waals surface area contributed by atoms with Gasteiger partial charge in [-0.1, -0.05) is 25.1 Å². The van der Waals surface area contributed by atoms with E-state index in [1.54, 1.807) is 16.7 Å². The first-order valence-electron chi connectivity index (χ1n) is 6.25. The van der Waals surface area contributed by atoms with Gasteiger partial charge in [-0.3, -0.25) is 0 Å². The van der Waals surface area contributed by atoms with Gasteiger partial charge in [0.05, 0.1) is 0 Å². The van der Waals surface area contributed by atoms with Crippen LogP contribution in [0.1, 0.15) is 54.8 Å². The Morgan fingerprint density at radius 2 is 2.33 bits per heavy atom. The van der Waals surface area contributed by atoms with Gasteiger partial charge in [-0.2, -0.15) is 0 Å². The summed E-state index contributed by atoms with van der Waals surface area (Å²) in [5.74, 6) is 0.856. The summed E-state index contributed by atoms with van der Waals surface area (Å²) in [6.07, 6.45) is 5.44. The summed E-state index contributed by atoms with van der Waals surface area (Å²) in [7, 11) is 0. The summed E-state index contributed by atoms with van der Waals surface area (Å²) in [5.41, 5.74) is 4.93. The molecule has 15 heavy (non-hydrogen) atoms. The highest BCUT2D eigenvalue weighted by atomic mass is 14.9. The number of nitrogens with one attached hydrogen (secondary N) is 1. The van der Waals surface area contributed by atoms with E-state index in [-0.39, 0.29) is 0 Å². The monoisotopic (exact) mass is 201 g/mol. The molecule has 0 saturated carbocycles. The van der Waals surface area contributed by atoms with Crippen molar-refractivity contribution in [2.75, 3.05) is 6.54 Å². The van der Waals surface area contributed by atoms with E-state index >= 15 is 0 Å². The lowest BCUT2D eigenvalue weighted by molar-refractivity contribution is 0.474. The van der Waals surface area contributed by atoms with Crippen molar-refractivity contribution >= 4 is 0 Å². The topological polar surface area (TPSA) is 12.0 Å². The molecule has 2 aliphatic carbocycles. The Kier molecular flexibility index (Phi) is 2.28. The first kappa shape index (κ1) is 9.41. The molecule has 3 rings (SSSR count). The van der Waals surface area contributed by atoms with Crippen LogP contribution in [0.4, 0.5) is 0 Å². The molecule has 80 valence electrons. The number of hydrogen-bond donors (Lipinski definition) is 1. The van der Waals surface area contributed by atoms with Crippen molar-refractivity contribution < 1.29 is 0 Å². The van der Waals surface area contributed by atoms with Crippen molar-refractivity contribution in [3.63, 3.8) is 0 Å². The summed E-state index contributed by atoms with van der Waals surface area (Å²) in [4.78, 5) is 0. The lowest BCUT2D eigenvalue weighted by atomic mass is 9.84. The molecule has 0 saturated heterocycles. The standard InChI is InChI=1S/C14H19N/c1-2-15-13-9-11-7-3-5-10-6-4-8-12(13)14(10)11/h4,6,8,11,13,15H,2-3,5,7,9H2,1H3. The van der Waals surface area contributed by atoms with Crippen LogP contribution >= 0.6 is 0 Å². The van der Waals surface area contributed by atoms with Crippen molar-refractivity contribution in [2.45, 2.75) is 44.6 Å². The zero-order valence-corrected chi connectivity index (χ0v) is 9.42. The molecule has 1 aromatic carbocycles. The van der Waals surface area contributed by atoms with Crippen molar-refractivity contribution in [3.8, 4) is 0 Å². The van der Waals surface area contributed by atoms with E-state index in [1.807, 2.05) is 0 Å². The highest BCUT2D eigenvalue weighted by molar-refractivity contribution is 5.45. The molecule has 0 spiro atoms. The van der Waals surface area contributed by atoms with Gasteiger partial charge in [-0.15, -0.1) is 0 Å². The lowest BCUT2D eigenvalue weighted by Gasteiger charge is -2.20. The van der Waals surface area contributed by atoms with E-state index in [2.05, 4.69) is 30.4 Å². The van der Waals surface area contributed by atoms with E-state index < -0.39 is 0 Å². The molecule has 0 aromatic heterocycles. The van der Waals surface area contributed by atoms with Crippen LogP contribution in [-0.4, -0.2) is 6.54 Å². The lowest BCUT2D eigenvalue weighted by Crippen LogP contribution is -2.18. The van der Waals surface area contributed by atoms with E-state index in [0.29, 0.717) is 6.04 Å². The van der Waals surface area contributed by atoms with Crippen LogP contribution in [0.3, 0.4) is 0 Å². The molecule has 1 aromatic rings. The third-order valence-corrected chi connectivity index (χ3v) is 3.98. The van der Waals surface area contributed by atoms with Crippen LogP contribution in [0.15, 0.2) is 18.2 Å². The summed E-state index contributed by atoms with van der Waals surface area (Å²) in [5, 5.41) is 3.62. The third-order valence-electron chi connectivity index (χ3n) is 3.98. The molecule has 1 heteroatoms. The molecule has 2 atom stereocenters. The van der Waals surface area contributed by atoms with Crippen molar-refractivity contribution in [1.82, 2.24) is 5.32 Å². The Bertz CT molecular complexity index is 370. The minimum absolute atomic E-state index is 0.632. The van der Waals surface area contributed by atoms with Crippen LogP contribution in [-0.2, 0) is 6.42 Å². The molecule has 1 nitrogen and oxygen atoms in total. The van der Waals surface area contributed by atoms with Gasteiger partial charge in [-0.25, -0.2) is 0 Å². The molecule has 0 fully saturated rings. The van der Waals surface area contributed by atoms with E-state index in [0.717, 1.165) is 12.5 Å². The predicted octanol–water partition coefficient (Wildman–Crippen LogP) is 3.16. The van der Waals surface area contributed by atoms with Crippen LogP contribution in [0, 0.1) is 0 Å². The average molecular weight is 201 g/mol. The third kappa shape index (κ3) is 1.41. The first-order chi connectivity index (χ1) is 7.40. The zero-order valence-electron chi connectivity index (χ0n) is 9.42. The van der Waals surface area contributed by atoms with Crippen LogP contribution in [0.2, 0.25) is 0 Å². The maximum atomic E-state index is 3.62. The molecule has 0 radical (unpaired) electrons. The quantitative estimate of drug-likeness (QED) is 0.775. The number of rotatable bonds is 2.